The molecule has 2 aliphatic rings. The van der Waals surface area contributed by atoms with Gasteiger partial charge in [-0.3, -0.25) is 19.6 Å². The van der Waals surface area contributed by atoms with Crippen LogP contribution in [0.25, 0.3) is 0 Å². The van der Waals surface area contributed by atoms with E-state index in [4.69, 9.17) is 0 Å². The molecule has 6 nitrogen and oxygen atoms in total. The number of amides is 2. The molecular weight excluding hydrogens is 316 g/mol. The maximum atomic E-state index is 13.0. The van der Waals surface area contributed by atoms with Gasteiger partial charge >= 0.3 is 0 Å². The number of carbonyl (C=O) groups is 2. The van der Waals surface area contributed by atoms with Crippen molar-refractivity contribution in [3.63, 3.8) is 0 Å². The van der Waals surface area contributed by atoms with Crippen molar-refractivity contribution in [1.29, 1.82) is 0 Å². The molecule has 2 aromatic rings. The van der Waals surface area contributed by atoms with Crippen LogP contribution in [0.4, 0.5) is 5.69 Å². The number of likely N-dealkylation sites (tertiary alicyclic amines) is 1. The number of hydrogen-bond donors (Lipinski definition) is 0. The lowest BCUT2D eigenvalue weighted by Crippen LogP contribution is -2.46. The maximum Gasteiger partial charge on any atom is 0.255 e. The molecule has 25 heavy (non-hydrogen) atoms. The Kier molecular flexibility index (Phi) is 3.95. The normalized spacial score (nSPS) is 19.4. The molecule has 0 atom stereocenters. The van der Waals surface area contributed by atoms with E-state index < -0.39 is 0 Å². The third-order valence-corrected chi connectivity index (χ3v) is 5.39. The summed E-state index contributed by atoms with van der Waals surface area (Å²) in [5.41, 5.74) is 1.13. The number of pyridine rings is 2. The minimum Gasteiger partial charge on any atom is -0.339 e. The van der Waals surface area contributed by atoms with Crippen LogP contribution in [-0.4, -0.2) is 46.3 Å². The van der Waals surface area contributed by atoms with Crippen LogP contribution in [0.15, 0.2) is 49.1 Å². The van der Waals surface area contributed by atoms with Crippen molar-refractivity contribution < 1.29 is 9.59 Å². The molecule has 2 saturated heterocycles. The van der Waals surface area contributed by atoms with Crippen molar-refractivity contribution in [1.82, 2.24) is 14.9 Å². The van der Waals surface area contributed by atoms with E-state index in [1.807, 2.05) is 21.9 Å². The molecule has 0 bridgehead atoms. The quantitative estimate of drug-likeness (QED) is 0.843. The Labute approximate surface area is 146 Å². The first-order valence-corrected chi connectivity index (χ1v) is 8.61. The monoisotopic (exact) mass is 336 g/mol. The van der Waals surface area contributed by atoms with Gasteiger partial charge in [0.05, 0.1) is 22.9 Å². The van der Waals surface area contributed by atoms with Crippen LogP contribution in [0.1, 0.15) is 29.6 Å². The van der Waals surface area contributed by atoms with Gasteiger partial charge in [0.25, 0.3) is 5.91 Å². The van der Waals surface area contributed by atoms with Crippen molar-refractivity contribution in [2.45, 2.75) is 19.3 Å². The van der Waals surface area contributed by atoms with Gasteiger partial charge in [-0.25, -0.2) is 0 Å². The minimum atomic E-state index is -0.332. The highest BCUT2D eigenvalue weighted by molar-refractivity contribution is 6.00. The molecule has 2 aliphatic heterocycles. The molecule has 0 aromatic carbocycles. The van der Waals surface area contributed by atoms with Gasteiger partial charge in [-0.1, -0.05) is 0 Å². The molecule has 0 radical (unpaired) electrons. The van der Waals surface area contributed by atoms with Gasteiger partial charge in [0, 0.05) is 38.2 Å². The first-order valence-electron chi connectivity index (χ1n) is 8.61. The Morgan fingerprint density at radius 3 is 2.28 bits per heavy atom. The molecule has 2 aromatic heterocycles. The Hall–Kier alpha value is -2.76. The minimum absolute atomic E-state index is 0.00230. The van der Waals surface area contributed by atoms with Crippen LogP contribution in [0.3, 0.4) is 0 Å². The zero-order chi connectivity index (χ0) is 17.3. The number of hydrogen-bond acceptors (Lipinski definition) is 4. The topological polar surface area (TPSA) is 66.4 Å². The van der Waals surface area contributed by atoms with E-state index in [-0.39, 0.29) is 17.2 Å². The Bertz CT molecular complexity index is 771. The lowest BCUT2D eigenvalue weighted by Gasteiger charge is -2.38. The molecule has 4 rings (SSSR count). The van der Waals surface area contributed by atoms with E-state index in [9.17, 15) is 9.59 Å². The van der Waals surface area contributed by atoms with Gasteiger partial charge in [0.15, 0.2) is 0 Å². The Morgan fingerprint density at radius 1 is 0.960 bits per heavy atom. The largest absolute Gasteiger partial charge is 0.339 e. The molecule has 2 amide bonds. The van der Waals surface area contributed by atoms with E-state index in [2.05, 4.69) is 9.97 Å². The molecule has 0 N–H and O–H groups in total. The summed E-state index contributed by atoms with van der Waals surface area (Å²) in [6.45, 7) is 1.95. The number of piperidine rings is 1. The van der Waals surface area contributed by atoms with E-state index in [1.54, 1.807) is 36.9 Å². The average molecular weight is 336 g/mol. The van der Waals surface area contributed by atoms with Crippen LogP contribution in [0.5, 0.6) is 0 Å². The fraction of sp³-hybridized carbons (Fsp3) is 0.368. The smallest absolute Gasteiger partial charge is 0.255 e. The zero-order valence-corrected chi connectivity index (χ0v) is 14.0. The second-order valence-electron chi connectivity index (χ2n) is 6.73. The Balaban J connectivity index is 1.45. The summed E-state index contributed by atoms with van der Waals surface area (Å²) < 4.78 is 0. The van der Waals surface area contributed by atoms with Crippen molar-refractivity contribution in [3.05, 3.63) is 54.6 Å². The lowest BCUT2D eigenvalue weighted by atomic mass is 9.77. The molecule has 0 unspecified atom stereocenters. The summed E-state index contributed by atoms with van der Waals surface area (Å²) in [4.78, 5) is 37.4. The van der Waals surface area contributed by atoms with Gasteiger partial charge in [0.1, 0.15) is 0 Å². The number of rotatable bonds is 2. The third kappa shape index (κ3) is 2.77. The van der Waals surface area contributed by atoms with E-state index in [0.29, 0.717) is 31.5 Å². The summed E-state index contributed by atoms with van der Waals surface area (Å²) in [6, 6.07) is 7.32. The van der Waals surface area contributed by atoms with Gasteiger partial charge in [0.2, 0.25) is 5.91 Å². The fourth-order valence-corrected chi connectivity index (χ4v) is 3.85. The highest BCUT2D eigenvalue weighted by Gasteiger charge is 2.49. The first-order chi connectivity index (χ1) is 12.2. The van der Waals surface area contributed by atoms with Crippen molar-refractivity contribution in [2.24, 2.45) is 5.41 Å². The summed E-state index contributed by atoms with van der Waals surface area (Å²) in [5.74, 6) is 0.173. The van der Waals surface area contributed by atoms with Crippen molar-refractivity contribution in [3.8, 4) is 0 Å². The Morgan fingerprint density at radius 2 is 1.64 bits per heavy atom. The fourth-order valence-electron chi connectivity index (χ4n) is 3.85. The average Bonchev–Trinajstić information content (AvgIpc) is 2.99. The highest BCUT2D eigenvalue weighted by atomic mass is 16.2. The van der Waals surface area contributed by atoms with Crippen molar-refractivity contribution in [2.75, 3.05) is 24.5 Å². The summed E-state index contributed by atoms with van der Waals surface area (Å²) in [5, 5.41) is 0. The van der Waals surface area contributed by atoms with Crippen LogP contribution in [0, 0.1) is 5.41 Å². The second kappa shape index (κ2) is 6.27. The van der Waals surface area contributed by atoms with Gasteiger partial charge in [-0.15, -0.1) is 0 Å². The van der Waals surface area contributed by atoms with Gasteiger partial charge in [-0.05, 0) is 43.5 Å². The summed E-state index contributed by atoms with van der Waals surface area (Å²) in [7, 11) is 0. The lowest BCUT2D eigenvalue weighted by molar-refractivity contribution is -0.127. The van der Waals surface area contributed by atoms with Gasteiger partial charge in [-0.2, -0.15) is 0 Å². The van der Waals surface area contributed by atoms with Crippen LogP contribution in [0.2, 0.25) is 0 Å². The van der Waals surface area contributed by atoms with E-state index >= 15 is 0 Å². The summed E-state index contributed by atoms with van der Waals surface area (Å²) >= 11 is 0. The zero-order valence-electron chi connectivity index (χ0n) is 14.0. The maximum absolute atomic E-state index is 13.0. The van der Waals surface area contributed by atoms with Crippen LogP contribution in [-0.2, 0) is 4.79 Å². The molecule has 0 aliphatic carbocycles. The predicted octanol–water partition coefficient (Wildman–Crippen LogP) is 2.14. The van der Waals surface area contributed by atoms with Gasteiger partial charge < -0.3 is 9.80 Å². The SMILES string of the molecule is O=C(c1cccnc1)N1CCC2(CC1)CCN(c1cccnc1)C2=O. The van der Waals surface area contributed by atoms with Crippen LogP contribution < -0.4 is 4.90 Å². The number of carbonyl (C=O) groups excluding carboxylic acids is 2. The standard InChI is InChI=1S/C19H20N4O2/c24-17(15-3-1-8-20-13-15)22-10-5-19(6-11-22)7-12-23(18(19)25)16-4-2-9-21-14-16/h1-4,8-9,13-14H,5-7,10-12H2. The number of anilines is 1. The first kappa shape index (κ1) is 15.7. The molecule has 128 valence electrons. The van der Waals surface area contributed by atoms with E-state index in [1.165, 1.54) is 0 Å². The van der Waals surface area contributed by atoms with Crippen molar-refractivity contribution >= 4 is 17.5 Å². The molecule has 0 saturated carbocycles. The van der Waals surface area contributed by atoms with Crippen LogP contribution >= 0.6 is 0 Å². The second-order valence-corrected chi connectivity index (χ2v) is 6.73. The summed E-state index contributed by atoms with van der Waals surface area (Å²) in [6.07, 6.45) is 8.98. The molecule has 2 fully saturated rings. The van der Waals surface area contributed by atoms with E-state index in [0.717, 1.165) is 18.7 Å². The molecule has 6 heteroatoms. The predicted molar refractivity (Wildman–Crippen MR) is 93.0 cm³/mol. The number of aromatic nitrogens is 2. The molecule has 4 heterocycles. The third-order valence-electron chi connectivity index (χ3n) is 5.39. The molecule has 1 spiro atoms. The molecular formula is C19H20N4O2. The highest BCUT2D eigenvalue weighted by Crippen LogP contribution is 2.43. The number of nitrogens with zero attached hydrogens (tertiary/aromatic N) is 4.